The fourth-order valence-corrected chi connectivity index (χ4v) is 11.4. The SMILES string of the molecule is C[Si]1(C)c2ccccc2-c2c(-c3cccc(-c4cccc5c4oc4ccccc45)c3)nc(-c3cccc(-c4cccc5c4oc4ccccc45)c3)nc21. The van der Waals surface area contributed by atoms with Gasteiger partial charge in [-0.1, -0.05) is 147 Å². The van der Waals surface area contributed by atoms with Crippen molar-refractivity contribution in [1.82, 2.24) is 9.97 Å². The first kappa shape index (κ1) is 30.1. The van der Waals surface area contributed by atoms with Gasteiger partial charge in [0.25, 0.3) is 0 Å². The third kappa shape index (κ3) is 4.47. The van der Waals surface area contributed by atoms with E-state index in [2.05, 4.69) is 147 Å². The first-order valence-corrected chi connectivity index (χ1v) is 21.1. The van der Waals surface area contributed by atoms with E-state index in [0.29, 0.717) is 0 Å². The second kappa shape index (κ2) is 11.2. The van der Waals surface area contributed by atoms with Crippen molar-refractivity contribution < 1.29 is 8.83 Å². The number of para-hydroxylation sites is 4. The number of aromatic nitrogens is 2. The van der Waals surface area contributed by atoms with Gasteiger partial charge in [0.2, 0.25) is 0 Å². The highest BCUT2D eigenvalue weighted by molar-refractivity contribution is 7.03. The molecule has 7 aromatic carbocycles. The van der Waals surface area contributed by atoms with Crippen LogP contribution in [-0.4, -0.2) is 18.0 Å². The molecular formula is C48H32N2O2Si. The summed E-state index contributed by atoms with van der Waals surface area (Å²) < 4.78 is 12.9. The van der Waals surface area contributed by atoms with Crippen molar-refractivity contribution in [3.05, 3.63) is 158 Å². The normalized spacial score (nSPS) is 13.2. The molecule has 11 rings (SSSR count). The fraction of sp³-hybridized carbons (Fsp3) is 0.0417. The zero-order chi connectivity index (χ0) is 35.3. The summed E-state index contributed by atoms with van der Waals surface area (Å²) in [7, 11) is -2.16. The molecule has 3 aromatic heterocycles. The Morgan fingerprint density at radius 2 is 0.925 bits per heavy atom. The first-order chi connectivity index (χ1) is 26.0. The molecule has 4 heterocycles. The quantitative estimate of drug-likeness (QED) is 0.172. The molecule has 0 fully saturated rings. The Morgan fingerprint density at radius 3 is 1.58 bits per heavy atom. The molecule has 0 radical (unpaired) electrons. The van der Waals surface area contributed by atoms with Crippen LogP contribution in [0.5, 0.6) is 0 Å². The molecule has 53 heavy (non-hydrogen) atoms. The molecule has 4 nitrogen and oxygen atoms in total. The van der Waals surface area contributed by atoms with E-state index in [-0.39, 0.29) is 0 Å². The Kier molecular flexibility index (Phi) is 6.37. The van der Waals surface area contributed by atoms with Crippen LogP contribution in [0.4, 0.5) is 0 Å². The van der Waals surface area contributed by atoms with Crippen LogP contribution in [0.3, 0.4) is 0 Å². The van der Waals surface area contributed by atoms with Crippen molar-refractivity contribution in [3.8, 4) is 56.0 Å². The molecule has 250 valence electrons. The first-order valence-electron chi connectivity index (χ1n) is 18.1. The Balaban J connectivity index is 1.11. The second-order valence-electron chi connectivity index (χ2n) is 14.5. The zero-order valence-corrected chi connectivity index (χ0v) is 30.2. The monoisotopic (exact) mass is 696 g/mol. The van der Waals surface area contributed by atoms with Crippen LogP contribution in [0.25, 0.3) is 99.9 Å². The molecule has 0 aliphatic carbocycles. The van der Waals surface area contributed by atoms with E-state index in [4.69, 9.17) is 18.8 Å². The molecule has 0 saturated heterocycles. The number of benzene rings is 7. The average Bonchev–Trinajstić information content (AvgIpc) is 3.86. The standard InChI is InChI=1S/C48H32N2O2Si/c1-53(2)42-26-8-5-19-39(42)43-44(31-15-9-13-29(27-31)33-20-11-22-37-35-17-3-6-24-40(35)51-45(33)37)49-47(50-48(43)53)32-16-10-14-30(28-32)34-21-12-23-38-36-18-4-7-25-41(36)52-46(34)38/h3-28H,1-2H3. The predicted octanol–water partition coefficient (Wildman–Crippen LogP) is 11.7. The molecule has 0 spiro atoms. The maximum absolute atomic E-state index is 6.47. The van der Waals surface area contributed by atoms with Crippen LogP contribution >= 0.6 is 0 Å². The maximum Gasteiger partial charge on any atom is 0.159 e. The van der Waals surface area contributed by atoms with Gasteiger partial charge >= 0.3 is 0 Å². The third-order valence-corrected chi connectivity index (χ3v) is 14.4. The molecular weight excluding hydrogens is 665 g/mol. The van der Waals surface area contributed by atoms with Crippen LogP contribution in [0.2, 0.25) is 13.1 Å². The van der Waals surface area contributed by atoms with Gasteiger partial charge in [-0.25, -0.2) is 9.97 Å². The molecule has 0 atom stereocenters. The van der Waals surface area contributed by atoms with Crippen LogP contribution in [0, 0.1) is 0 Å². The van der Waals surface area contributed by atoms with Gasteiger partial charge in [-0.05, 0) is 46.1 Å². The number of furan rings is 2. The van der Waals surface area contributed by atoms with Crippen molar-refractivity contribution in [2.45, 2.75) is 13.1 Å². The fourth-order valence-electron chi connectivity index (χ4n) is 8.49. The molecule has 5 heteroatoms. The Bertz CT molecular complexity index is 3120. The predicted molar refractivity (Wildman–Crippen MR) is 221 cm³/mol. The highest BCUT2D eigenvalue weighted by atomic mass is 28.3. The Hall–Kier alpha value is -6.56. The summed E-state index contributed by atoms with van der Waals surface area (Å²) in [5.74, 6) is 0.732. The average molecular weight is 697 g/mol. The largest absolute Gasteiger partial charge is 0.455 e. The van der Waals surface area contributed by atoms with Gasteiger partial charge in [0.1, 0.15) is 30.4 Å². The lowest BCUT2D eigenvalue weighted by molar-refractivity contribution is 0.669. The molecule has 0 amide bonds. The van der Waals surface area contributed by atoms with Crippen molar-refractivity contribution in [3.63, 3.8) is 0 Å². The lowest BCUT2D eigenvalue weighted by atomic mass is 9.96. The van der Waals surface area contributed by atoms with Gasteiger partial charge in [-0.2, -0.15) is 0 Å². The minimum absolute atomic E-state index is 0.732. The van der Waals surface area contributed by atoms with Crippen LogP contribution < -0.4 is 10.5 Å². The summed E-state index contributed by atoms with van der Waals surface area (Å²) in [6.07, 6.45) is 0. The van der Waals surface area contributed by atoms with Gasteiger partial charge in [-0.15, -0.1) is 0 Å². The number of hydrogen-bond acceptors (Lipinski definition) is 4. The van der Waals surface area contributed by atoms with E-state index < -0.39 is 8.07 Å². The minimum Gasteiger partial charge on any atom is -0.455 e. The Labute approximate surface area is 307 Å². The summed E-state index contributed by atoms with van der Waals surface area (Å²) in [5, 5.41) is 7.06. The van der Waals surface area contributed by atoms with E-state index in [1.807, 2.05) is 24.3 Å². The zero-order valence-electron chi connectivity index (χ0n) is 29.2. The van der Waals surface area contributed by atoms with E-state index in [9.17, 15) is 0 Å². The highest BCUT2D eigenvalue weighted by Crippen LogP contribution is 2.41. The highest BCUT2D eigenvalue weighted by Gasteiger charge is 2.41. The lowest BCUT2D eigenvalue weighted by Crippen LogP contribution is -2.50. The second-order valence-corrected chi connectivity index (χ2v) is 18.8. The van der Waals surface area contributed by atoms with Gasteiger partial charge in [0.05, 0.1) is 5.69 Å². The number of hydrogen-bond donors (Lipinski definition) is 0. The summed E-state index contributed by atoms with van der Waals surface area (Å²) in [6.45, 7) is 4.82. The van der Waals surface area contributed by atoms with Crippen LogP contribution in [0.15, 0.2) is 167 Å². The van der Waals surface area contributed by atoms with E-state index >= 15 is 0 Å². The molecule has 0 N–H and O–H groups in total. The van der Waals surface area contributed by atoms with Crippen molar-refractivity contribution >= 4 is 62.5 Å². The smallest absolute Gasteiger partial charge is 0.159 e. The third-order valence-electron chi connectivity index (χ3n) is 11.1. The van der Waals surface area contributed by atoms with Crippen molar-refractivity contribution in [2.24, 2.45) is 0 Å². The van der Waals surface area contributed by atoms with Crippen LogP contribution in [-0.2, 0) is 0 Å². The molecule has 10 aromatic rings. The summed E-state index contributed by atoms with van der Waals surface area (Å²) in [5.41, 5.74) is 13.2. The minimum atomic E-state index is -2.16. The van der Waals surface area contributed by atoms with Gasteiger partial charge in [0, 0.05) is 54.7 Å². The Morgan fingerprint density at radius 1 is 0.434 bits per heavy atom. The van der Waals surface area contributed by atoms with E-state index in [1.54, 1.807) is 0 Å². The van der Waals surface area contributed by atoms with E-state index in [0.717, 1.165) is 94.3 Å². The molecule has 0 unspecified atom stereocenters. The topological polar surface area (TPSA) is 52.1 Å². The van der Waals surface area contributed by atoms with Gasteiger partial charge in [0.15, 0.2) is 5.82 Å². The lowest BCUT2D eigenvalue weighted by Gasteiger charge is -2.19. The molecule has 1 aliphatic heterocycles. The number of nitrogens with zero attached hydrogens (tertiary/aromatic N) is 2. The summed E-state index contributed by atoms with van der Waals surface area (Å²) >= 11 is 0. The summed E-state index contributed by atoms with van der Waals surface area (Å²) in [6, 6.07) is 55.5. The summed E-state index contributed by atoms with van der Waals surface area (Å²) in [4.78, 5) is 10.9. The maximum atomic E-state index is 6.47. The molecule has 0 saturated carbocycles. The van der Waals surface area contributed by atoms with E-state index in [1.165, 1.54) is 16.1 Å². The van der Waals surface area contributed by atoms with Crippen molar-refractivity contribution in [2.75, 3.05) is 0 Å². The number of rotatable bonds is 4. The molecule has 0 bridgehead atoms. The van der Waals surface area contributed by atoms with Crippen LogP contribution in [0.1, 0.15) is 0 Å². The van der Waals surface area contributed by atoms with Crippen molar-refractivity contribution in [1.29, 1.82) is 0 Å². The number of fused-ring (bicyclic) bond motifs is 9. The molecule has 1 aliphatic rings. The van der Waals surface area contributed by atoms with Gasteiger partial charge < -0.3 is 8.83 Å². The van der Waals surface area contributed by atoms with Gasteiger partial charge in [-0.3, -0.25) is 0 Å².